The minimum Gasteiger partial charge on any atom is -0.507 e. The van der Waals surface area contributed by atoms with Crippen LogP contribution in [0.15, 0.2) is 42.5 Å². The van der Waals surface area contributed by atoms with Crippen molar-refractivity contribution in [1.29, 1.82) is 0 Å². The number of hydrogen-bond acceptors (Lipinski definition) is 3. The highest BCUT2D eigenvalue weighted by Crippen LogP contribution is 2.24. The summed E-state index contributed by atoms with van der Waals surface area (Å²) in [7, 11) is 1.59. The highest BCUT2D eigenvalue weighted by molar-refractivity contribution is 5.47. The number of ether oxygens (including phenoxy) is 1. The molecule has 0 amide bonds. The number of benzene rings is 2. The predicted molar refractivity (Wildman–Crippen MR) is 82.4 cm³/mol. The third-order valence-corrected chi connectivity index (χ3v) is 3.27. The average molecular weight is 271 g/mol. The highest BCUT2D eigenvalue weighted by atomic mass is 16.5. The molecule has 0 spiro atoms. The first-order valence-corrected chi connectivity index (χ1v) is 6.91. The van der Waals surface area contributed by atoms with Gasteiger partial charge in [0.05, 0.1) is 7.11 Å². The van der Waals surface area contributed by atoms with Crippen molar-refractivity contribution < 1.29 is 9.84 Å². The normalized spacial score (nSPS) is 10.3. The van der Waals surface area contributed by atoms with E-state index in [1.807, 2.05) is 12.1 Å². The zero-order valence-corrected chi connectivity index (χ0v) is 12.0. The molecule has 20 heavy (non-hydrogen) atoms. The van der Waals surface area contributed by atoms with Gasteiger partial charge >= 0.3 is 0 Å². The molecule has 0 saturated carbocycles. The van der Waals surface area contributed by atoms with Crippen molar-refractivity contribution in [1.82, 2.24) is 0 Å². The van der Waals surface area contributed by atoms with E-state index in [1.54, 1.807) is 13.2 Å². The molecular formula is C17H21NO2. The Morgan fingerprint density at radius 3 is 2.45 bits per heavy atom. The number of methoxy groups -OCH3 is 1. The van der Waals surface area contributed by atoms with Crippen LogP contribution >= 0.6 is 0 Å². The fourth-order valence-electron chi connectivity index (χ4n) is 2.10. The molecule has 0 atom stereocenters. The molecule has 0 aliphatic carbocycles. The quantitative estimate of drug-likeness (QED) is 0.835. The van der Waals surface area contributed by atoms with Crippen LogP contribution < -0.4 is 10.1 Å². The molecule has 3 heteroatoms. The molecule has 0 aliphatic heterocycles. The Balaban J connectivity index is 1.97. The molecular weight excluding hydrogens is 250 g/mol. The van der Waals surface area contributed by atoms with Crippen molar-refractivity contribution in [2.45, 2.75) is 26.3 Å². The van der Waals surface area contributed by atoms with Crippen LogP contribution in [0.2, 0.25) is 0 Å². The van der Waals surface area contributed by atoms with Gasteiger partial charge in [0.25, 0.3) is 0 Å². The first-order chi connectivity index (χ1) is 9.72. The molecule has 106 valence electrons. The minimum absolute atomic E-state index is 0.249. The summed E-state index contributed by atoms with van der Waals surface area (Å²) in [4.78, 5) is 0. The number of phenols is 1. The Kier molecular flexibility index (Phi) is 4.88. The van der Waals surface area contributed by atoms with E-state index in [0.29, 0.717) is 12.3 Å². The topological polar surface area (TPSA) is 41.5 Å². The maximum atomic E-state index is 9.89. The first kappa shape index (κ1) is 14.3. The summed E-state index contributed by atoms with van der Waals surface area (Å²) in [5.41, 5.74) is 3.26. The molecule has 0 bridgehead atoms. The largest absolute Gasteiger partial charge is 0.507 e. The number of phenolic OH excluding ortho intramolecular Hbond substituents is 1. The van der Waals surface area contributed by atoms with Gasteiger partial charge < -0.3 is 15.2 Å². The lowest BCUT2D eigenvalue weighted by Gasteiger charge is -2.10. The molecule has 0 heterocycles. The van der Waals surface area contributed by atoms with Gasteiger partial charge in [0.2, 0.25) is 0 Å². The second-order valence-corrected chi connectivity index (χ2v) is 4.80. The summed E-state index contributed by atoms with van der Waals surface area (Å²) < 4.78 is 5.07. The lowest BCUT2D eigenvalue weighted by atomic mass is 10.1. The highest BCUT2D eigenvalue weighted by Gasteiger charge is 2.03. The van der Waals surface area contributed by atoms with Crippen LogP contribution in [0.4, 0.5) is 5.69 Å². The third-order valence-electron chi connectivity index (χ3n) is 3.27. The Labute approximate surface area is 120 Å². The van der Waals surface area contributed by atoms with E-state index in [0.717, 1.165) is 24.1 Å². The Bertz CT molecular complexity index is 549. The molecule has 0 radical (unpaired) electrons. The Morgan fingerprint density at radius 1 is 1.10 bits per heavy atom. The molecule has 0 unspecified atom stereocenters. The van der Waals surface area contributed by atoms with Crippen LogP contribution in [0, 0.1) is 0 Å². The van der Waals surface area contributed by atoms with Crippen molar-refractivity contribution in [2.75, 3.05) is 12.4 Å². The van der Waals surface area contributed by atoms with Gasteiger partial charge in [-0.05, 0) is 36.2 Å². The van der Waals surface area contributed by atoms with Crippen molar-refractivity contribution in [3.05, 3.63) is 53.6 Å². The lowest BCUT2D eigenvalue weighted by Crippen LogP contribution is -2.00. The van der Waals surface area contributed by atoms with Crippen molar-refractivity contribution in [2.24, 2.45) is 0 Å². The summed E-state index contributed by atoms with van der Waals surface area (Å²) in [5.74, 6) is 0.912. The fraction of sp³-hybridized carbons (Fsp3) is 0.294. The van der Waals surface area contributed by atoms with E-state index in [2.05, 4.69) is 36.5 Å². The molecule has 0 saturated heterocycles. The Morgan fingerprint density at radius 2 is 1.85 bits per heavy atom. The van der Waals surface area contributed by atoms with Crippen LogP contribution in [0.3, 0.4) is 0 Å². The molecule has 3 nitrogen and oxygen atoms in total. The standard InChI is InChI=1S/C17H21NO2/c1-3-4-13-5-8-15(9-6-13)18-12-14-7-10-16(20-2)11-17(14)19/h5-11,18-19H,3-4,12H2,1-2H3. The van der Waals surface area contributed by atoms with E-state index in [9.17, 15) is 5.11 Å². The fourth-order valence-corrected chi connectivity index (χ4v) is 2.10. The number of aryl methyl sites for hydroxylation is 1. The van der Waals surface area contributed by atoms with E-state index >= 15 is 0 Å². The van der Waals surface area contributed by atoms with Crippen LogP contribution in [0.1, 0.15) is 24.5 Å². The van der Waals surface area contributed by atoms with Crippen molar-refractivity contribution in [3.8, 4) is 11.5 Å². The van der Waals surface area contributed by atoms with E-state index in [4.69, 9.17) is 4.74 Å². The molecule has 2 aromatic rings. The van der Waals surface area contributed by atoms with Crippen LogP contribution in [-0.4, -0.2) is 12.2 Å². The van der Waals surface area contributed by atoms with Crippen molar-refractivity contribution >= 4 is 5.69 Å². The second kappa shape index (κ2) is 6.85. The second-order valence-electron chi connectivity index (χ2n) is 4.80. The van der Waals surface area contributed by atoms with Crippen LogP contribution in [-0.2, 0) is 13.0 Å². The number of anilines is 1. The van der Waals surface area contributed by atoms with Crippen LogP contribution in [0.25, 0.3) is 0 Å². The summed E-state index contributed by atoms with van der Waals surface area (Å²) in [6.07, 6.45) is 2.27. The van der Waals surface area contributed by atoms with Gasteiger partial charge in [0, 0.05) is 23.9 Å². The van der Waals surface area contributed by atoms with E-state index in [-0.39, 0.29) is 5.75 Å². The van der Waals surface area contributed by atoms with Gasteiger partial charge in [-0.1, -0.05) is 25.5 Å². The van der Waals surface area contributed by atoms with Gasteiger partial charge in [0.15, 0.2) is 0 Å². The molecule has 0 aliphatic rings. The molecule has 0 fully saturated rings. The SMILES string of the molecule is CCCc1ccc(NCc2ccc(OC)cc2O)cc1. The maximum Gasteiger partial charge on any atom is 0.124 e. The summed E-state index contributed by atoms with van der Waals surface area (Å²) >= 11 is 0. The third kappa shape index (κ3) is 3.67. The number of nitrogens with one attached hydrogen (secondary N) is 1. The Hall–Kier alpha value is -2.16. The maximum absolute atomic E-state index is 9.89. The number of hydrogen-bond donors (Lipinski definition) is 2. The molecule has 2 aromatic carbocycles. The zero-order valence-electron chi connectivity index (χ0n) is 12.0. The van der Waals surface area contributed by atoms with Gasteiger partial charge in [0.1, 0.15) is 11.5 Å². The average Bonchev–Trinajstić information content (AvgIpc) is 2.48. The first-order valence-electron chi connectivity index (χ1n) is 6.91. The minimum atomic E-state index is 0.249. The van der Waals surface area contributed by atoms with Gasteiger partial charge in [-0.25, -0.2) is 0 Å². The smallest absolute Gasteiger partial charge is 0.124 e. The van der Waals surface area contributed by atoms with Crippen molar-refractivity contribution in [3.63, 3.8) is 0 Å². The number of aromatic hydroxyl groups is 1. The van der Waals surface area contributed by atoms with Crippen LogP contribution in [0.5, 0.6) is 11.5 Å². The molecule has 2 N–H and O–H groups in total. The zero-order chi connectivity index (χ0) is 14.4. The molecule has 2 rings (SSSR count). The van der Waals surface area contributed by atoms with E-state index in [1.165, 1.54) is 5.56 Å². The summed E-state index contributed by atoms with van der Waals surface area (Å²) in [6, 6.07) is 13.8. The lowest BCUT2D eigenvalue weighted by molar-refractivity contribution is 0.406. The van der Waals surface area contributed by atoms with Gasteiger partial charge in [-0.15, -0.1) is 0 Å². The summed E-state index contributed by atoms with van der Waals surface area (Å²) in [6.45, 7) is 2.77. The summed E-state index contributed by atoms with van der Waals surface area (Å²) in [5, 5.41) is 13.2. The van der Waals surface area contributed by atoms with E-state index < -0.39 is 0 Å². The molecule has 0 aromatic heterocycles. The predicted octanol–water partition coefficient (Wildman–Crippen LogP) is 3.97. The number of rotatable bonds is 6. The monoisotopic (exact) mass is 271 g/mol. The van der Waals surface area contributed by atoms with Gasteiger partial charge in [-0.2, -0.15) is 0 Å². The van der Waals surface area contributed by atoms with Gasteiger partial charge in [-0.3, -0.25) is 0 Å².